The SMILES string of the molecule is CSc1ccc2oc(-c3cccc(C(C)N)c3)nc2c1. The zero-order chi connectivity index (χ0) is 14.1. The summed E-state index contributed by atoms with van der Waals surface area (Å²) in [5, 5.41) is 0. The van der Waals surface area contributed by atoms with Crippen LogP contribution < -0.4 is 5.73 Å². The van der Waals surface area contributed by atoms with E-state index in [1.807, 2.05) is 55.6 Å². The highest BCUT2D eigenvalue weighted by atomic mass is 32.2. The molecule has 0 amide bonds. The molecule has 0 aliphatic heterocycles. The maximum absolute atomic E-state index is 5.92. The Morgan fingerprint density at radius 1 is 1.20 bits per heavy atom. The molecule has 2 aromatic carbocycles. The molecule has 3 nitrogen and oxygen atoms in total. The lowest BCUT2D eigenvalue weighted by Gasteiger charge is -2.05. The van der Waals surface area contributed by atoms with Gasteiger partial charge in [-0.1, -0.05) is 12.1 Å². The Bertz CT molecular complexity index is 749. The van der Waals surface area contributed by atoms with E-state index in [0.29, 0.717) is 5.89 Å². The molecule has 0 bridgehead atoms. The van der Waals surface area contributed by atoms with Gasteiger partial charge >= 0.3 is 0 Å². The predicted molar refractivity (Wildman–Crippen MR) is 83.8 cm³/mol. The van der Waals surface area contributed by atoms with Gasteiger partial charge in [-0.3, -0.25) is 0 Å². The third-order valence-corrected chi connectivity index (χ3v) is 3.98. The van der Waals surface area contributed by atoms with Crippen molar-refractivity contribution in [1.29, 1.82) is 0 Å². The Hall–Kier alpha value is -1.78. The van der Waals surface area contributed by atoms with Gasteiger partial charge in [0.15, 0.2) is 5.58 Å². The molecule has 0 saturated heterocycles. The van der Waals surface area contributed by atoms with E-state index < -0.39 is 0 Å². The molecule has 0 spiro atoms. The Labute approximate surface area is 122 Å². The molecule has 0 fully saturated rings. The molecule has 0 aliphatic rings. The highest BCUT2D eigenvalue weighted by molar-refractivity contribution is 7.98. The first-order chi connectivity index (χ1) is 9.67. The maximum atomic E-state index is 5.92. The highest BCUT2D eigenvalue weighted by Gasteiger charge is 2.10. The topological polar surface area (TPSA) is 52.0 Å². The van der Waals surface area contributed by atoms with Crippen LogP contribution in [0.1, 0.15) is 18.5 Å². The maximum Gasteiger partial charge on any atom is 0.227 e. The molecule has 1 atom stereocenters. The number of oxazole rings is 1. The van der Waals surface area contributed by atoms with Gasteiger partial charge in [0.1, 0.15) is 5.52 Å². The van der Waals surface area contributed by atoms with Crippen molar-refractivity contribution in [3.05, 3.63) is 48.0 Å². The minimum Gasteiger partial charge on any atom is -0.436 e. The molecule has 1 aromatic heterocycles. The quantitative estimate of drug-likeness (QED) is 0.731. The lowest BCUT2D eigenvalue weighted by molar-refractivity contribution is 0.619. The van der Waals surface area contributed by atoms with Crippen molar-refractivity contribution in [1.82, 2.24) is 4.98 Å². The molecule has 0 aliphatic carbocycles. The summed E-state index contributed by atoms with van der Waals surface area (Å²) in [7, 11) is 0. The van der Waals surface area contributed by atoms with Crippen molar-refractivity contribution in [2.24, 2.45) is 5.73 Å². The van der Waals surface area contributed by atoms with Gasteiger partial charge in [-0.25, -0.2) is 4.98 Å². The smallest absolute Gasteiger partial charge is 0.227 e. The average molecular weight is 284 g/mol. The van der Waals surface area contributed by atoms with Gasteiger partial charge in [0.05, 0.1) is 0 Å². The first-order valence-electron chi connectivity index (χ1n) is 6.48. The van der Waals surface area contributed by atoms with Gasteiger partial charge in [0.2, 0.25) is 5.89 Å². The number of fused-ring (bicyclic) bond motifs is 1. The summed E-state index contributed by atoms with van der Waals surface area (Å²) >= 11 is 1.70. The second-order valence-electron chi connectivity index (χ2n) is 4.77. The average Bonchev–Trinajstić information content (AvgIpc) is 2.90. The highest BCUT2D eigenvalue weighted by Crippen LogP contribution is 2.28. The van der Waals surface area contributed by atoms with E-state index in [1.165, 1.54) is 4.90 Å². The van der Waals surface area contributed by atoms with Crippen molar-refractivity contribution in [2.45, 2.75) is 17.9 Å². The number of aromatic nitrogens is 1. The lowest BCUT2D eigenvalue weighted by Crippen LogP contribution is -2.04. The van der Waals surface area contributed by atoms with Crippen LogP contribution in [0.2, 0.25) is 0 Å². The first-order valence-corrected chi connectivity index (χ1v) is 7.70. The van der Waals surface area contributed by atoms with Crippen molar-refractivity contribution in [3.8, 4) is 11.5 Å². The van der Waals surface area contributed by atoms with E-state index in [1.54, 1.807) is 11.8 Å². The molecule has 1 heterocycles. The summed E-state index contributed by atoms with van der Waals surface area (Å²) in [5.41, 5.74) is 9.65. The zero-order valence-electron chi connectivity index (χ0n) is 11.5. The van der Waals surface area contributed by atoms with Gasteiger partial charge in [-0.05, 0) is 49.1 Å². The standard InChI is InChI=1S/C16H16N2OS/c1-10(17)11-4-3-5-12(8-11)16-18-14-9-13(20-2)6-7-15(14)19-16/h3-10H,17H2,1-2H3. The molecule has 4 heteroatoms. The number of rotatable bonds is 3. The van der Waals surface area contributed by atoms with Gasteiger partial charge < -0.3 is 10.2 Å². The molecule has 0 saturated carbocycles. The largest absolute Gasteiger partial charge is 0.436 e. The van der Waals surface area contributed by atoms with Crippen LogP contribution in [0, 0.1) is 0 Å². The van der Waals surface area contributed by atoms with Crippen LogP contribution in [0.25, 0.3) is 22.6 Å². The van der Waals surface area contributed by atoms with E-state index >= 15 is 0 Å². The molecular formula is C16H16N2OS. The number of nitrogens with two attached hydrogens (primary N) is 1. The van der Waals surface area contributed by atoms with E-state index in [9.17, 15) is 0 Å². The van der Waals surface area contributed by atoms with Crippen LogP contribution in [0.4, 0.5) is 0 Å². The molecule has 1 unspecified atom stereocenters. The third kappa shape index (κ3) is 2.44. The van der Waals surface area contributed by atoms with Gasteiger partial charge in [0, 0.05) is 16.5 Å². The zero-order valence-corrected chi connectivity index (χ0v) is 12.3. The Morgan fingerprint density at radius 3 is 2.80 bits per heavy atom. The fraction of sp³-hybridized carbons (Fsp3) is 0.188. The number of nitrogens with zero attached hydrogens (tertiary/aromatic N) is 1. The van der Waals surface area contributed by atoms with Crippen molar-refractivity contribution in [2.75, 3.05) is 6.26 Å². The summed E-state index contributed by atoms with van der Waals surface area (Å²) in [6, 6.07) is 14.1. The molecule has 0 radical (unpaired) electrons. The molecular weight excluding hydrogens is 268 g/mol. The van der Waals surface area contributed by atoms with Crippen LogP contribution in [0.3, 0.4) is 0 Å². The van der Waals surface area contributed by atoms with Crippen molar-refractivity contribution >= 4 is 22.9 Å². The number of benzene rings is 2. The van der Waals surface area contributed by atoms with Crippen LogP contribution in [-0.2, 0) is 0 Å². The molecule has 3 aromatic rings. The number of thioether (sulfide) groups is 1. The Balaban J connectivity index is 2.07. The van der Waals surface area contributed by atoms with Crippen LogP contribution in [-0.4, -0.2) is 11.2 Å². The molecule has 102 valence electrons. The summed E-state index contributed by atoms with van der Waals surface area (Å²) in [6.07, 6.45) is 2.05. The summed E-state index contributed by atoms with van der Waals surface area (Å²) < 4.78 is 5.83. The summed E-state index contributed by atoms with van der Waals surface area (Å²) in [4.78, 5) is 5.75. The lowest BCUT2D eigenvalue weighted by atomic mass is 10.1. The van der Waals surface area contributed by atoms with E-state index in [0.717, 1.165) is 22.2 Å². The Kier molecular flexibility index (Phi) is 3.51. The van der Waals surface area contributed by atoms with Gasteiger partial charge in [-0.15, -0.1) is 11.8 Å². The predicted octanol–water partition coefficient (Wildman–Crippen LogP) is 4.24. The molecule has 20 heavy (non-hydrogen) atoms. The molecule has 3 rings (SSSR count). The van der Waals surface area contributed by atoms with E-state index in [4.69, 9.17) is 10.2 Å². The minimum atomic E-state index is 0.00224. The van der Waals surface area contributed by atoms with Gasteiger partial charge in [0.25, 0.3) is 0 Å². The van der Waals surface area contributed by atoms with Gasteiger partial charge in [-0.2, -0.15) is 0 Å². The number of hydrogen-bond acceptors (Lipinski definition) is 4. The van der Waals surface area contributed by atoms with E-state index in [-0.39, 0.29) is 6.04 Å². The van der Waals surface area contributed by atoms with Crippen molar-refractivity contribution in [3.63, 3.8) is 0 Å². The number of hydrogen-bond donors (Lipinski definition) is 1. The first kappa shape index (κ1) is 13.2. The second kappa shape index (κ2) is 5.31. The fourth-order valence-electron chi connectivity index (χ4n) is 2.11. The molecule has 2 N–H and O–H groups in total. The summed E-state index contributed by atoms with van der Waals surface area (Å²) in [5.74, 6) is 0.640. The summed E-state index contributed by atoms with van der Waals surface area (Å²) in [6.45, 7) is 1.97. The normalized spacial score (nSPS) is 12.8. The minimum absolute atomic E-state index is 0.00224. The van der Waals surface area contributed by atoms with Crippen molar-refractivity contribution < 1.29 is 4.42 Å². The van der Waals surface area contributed by atoms with E-state index in [2.05, 4.69) is 4.98 Å². The monoisotopic (exact) mass is 284 g/mol. The Morgan fingerprint density at radius 2 is 2.05 bits per heavy atom. The van der Waals surface area contributed by atoms with Crippen LogP contribution >= 0.6 is 11.8 Å². The van der Waals surface area contributed by atoms with Crippen LogP contribution in [0.15, 0.2) is 51.8 Å². The van der Waals surface area contributed by atoms with Crippen LogP contribution in [0.5, 0.6) is 0 Å². The third-order valence-electron chi connectivity index (χ3n) is 3.25. The fourth-order valence-corrected chi connectivity index (χ4v) is 2.55. The second-order valence-corrected chi connectivity index (χ2v) is 5.65.